The molecule has 0 unspecified atom stereocenters. The van der Waals surface area contributed by atoms with Crippen LogP contribution in [0.3, 0.4) is 0 Å². The second kappa shape index (κ2) is 5.90. The monoisotopic (exact) mass is 269 g/mol. The van der Waals surface area contributed by atoms with E-state index in [9.17, 15) is 9.59 Å². The fourth-order valence-corrected chi connectivity index (χ4v) is 3.15. The standard InChI is InChI=1S/C14H23NO4/c1-19-8-7-14(5-2-6-14)15-12(16)10-3-4-11(9-10)13(17)18/h10-11H,2-9H2,1H3,(H,15,16)(H,17,18)/t10-,11+/m1/s1. The maximum atomic E-state index is 12.2. The zero-order valence-corrected chi connectivity index (χ0v) is 11.5. The lowest BCUT2D eigenvalue weighted by atomic mass is 9.74. The number of ether oxygens (including phenoxy) is 1. The zero-order valence-electron chi connectivity index (χ0n) is 11.5. The van der Waals surface area contributed by atoms with Crippen molar-refractivity contribution in [3.63, 3.8) is 0 Å². The topological polar surface area (TPSA) is 75.6 Å². The summed E-state index contributed by atoms with van der Waals surface area (Å²) in [6, 6.07) is 0. The molecule has 2 saturated carbocycles. The van der Waals surface area contributed by atoms with Crippen molar-refractivity contribution >= 4 is 11.9 Å². The average molecular weight is 269 g/mol. The van der Waals surface area contributed by atoms with E-state index in [-0.39, 0.29) is 23.3 Å². The summed E-state index contributed by atoms with van der Waals surface area (Å²) in [5.74, 6) is -1.19. The second-order valence-corrected chi connectivity index (χ2v) is 5.91. The Hall–Kier alpha value is -1.10. The normalized spacial score (nSPS) is 28.7. The molecular weight excluding hydrogens is 246 g/mol. The summed E-state index contributed by atoms with van der Waals surface area (Å²) in [5, 5.41) is 12.1. The van der Waals surface area contributed by atoms with E-state index in [1.165, 1.54) is 0 Å². The number of nitrogens with one attached hydrogen (secondary N) is 1. The van der Waals surface area contributed by atoms with Crippen molar-refractivity contribution in [2.45, 2.75) is 50.5 Å². The highest BCUT2D eigenvalue weighted by molar-refractivity contribution is 5.81. The van der Waals surface area contributed by atoms with Crippen molar-refractivity contribution in [2.24, 2.45) is 11.8 Å². The first kappa shape index (κ1) is 14.3. The molecule has 0 bridgehead atoms. The van der Waals surface area contributed by atoms with E-state index in [1.807, 2.05) is 0 Å². The molecule has 1 amide bonds. The number of amides is 1. The van der Waals surface area contributed by atoms with E-state index in [4.69, 9.17) is 9.84 Å². The predicted molar refractivity (Wildman–Crippen MR) is 69.7 cm³/mol. The summed E-state index contributed by atoms with van der Waals surface area (Å²) in [4.78, 5) is 23.2. The Labute approximate surface area is 113 Å². The molecule has 5 heteroatoms. The van der Waals surface area contributed by atoms with Crippen LogP contribution in [0.4, 0.5) is 0 Å². The lowest BCUT2D eigenvalue weighted by Crippen LogP contribution is -2.55. The number of aliphatic carboxylic acids is 1. The molecule has 2 rings (SSSR count). The third-order valence-electron chi connectivity index (χ3n) is 4.64. The summed E-state index contributed by atoms with van der Waals surface area (Å²) in [5.41, 5.74) is -0.0889. The molecule has 108 valence electrons. The van der Waals surface area contributed by atoms with E-state index in [1.54, 1.807) is 7.11 Å². The van der Waals surface area contributed by atoms with Crippen LogP contribution in [0.15, 0.2) is 0 Å². The Morgan fingerprint density at radius 1 is 1.32 bits per heavy atom. The van der Waals surface area contributed by atoms with Gasteiger partial charge in [-0.15, -0.1) is 0 Å². The third kappa shape index (κ3) is 3.26. The highest BCUT2D eigenvalue weighted by Gasteiger charge is 2.41. The summed E-state index contributed by atoms with van der Waals surface area (Å²) >= 11 is 0. The zero-order chi connectivity index (χ0) is 13.9. The number of carbonyl (C=O) groups excluding carboxylic acids is 1. The van der Waals surface area contributed by atoms with Gasteiger partial charge >= 0.3 is 5.97 Å². The SMILES string of the molecule is COCCC1(NC(=O)[C@@H]2CC[C@H](C(=O)O)C2)CCC1. The molecule has 2 atom stereocenters. The molecule has 0 aromatic rings. The van der Waals surface area contributed by atoms with Gasteiger partial charge in [0.25, 0.3) is 0 Å². The van der Waals surface area contributed by atoms with Crippen LogP contribution in [0.1, 0.15) is 44.9 Å². The van der Waals surface area contributed by atoms with Crippen LogP contribution in [0, 0.1) is 11.8 Å². The van der Waals surface area contributed by atoms with Crippen LogP contribution >= 0.6 is 0 Å². The maximum absolute atomic E-state index is 12.2. The Morgan fingerprint density at radius 2 is 2.00 bits per heavy atom. The van der Waals surface area contributed by atoms with Crippen molar-refractivity contribution in [3.8, 4) is 0 Å². The van der Waals surface area contributed by atoms with Gasteiger partial charge in [0, 0.05) is 25.2 Å². The molecule has 0 spiro atoms. The number of methoxy groups -OCH3 is 1. The Kier molecular flexibility index (Phi) is 4.45. The summed E-state index contributed by atoms with van der Waals surface area (Å²) in [7, 11) is 1.67. The van der Waals surface area contributed by atoms with Gasteiger partial charge in [0.1, 0.15) is 0 Å². The van der Waals surface area contributed by atoms with E-state index in [0.717, 1.165) is 25.7 Å². The van der Waals surface area contributed by atoms with Crippen molar-refractivity contribution in [3.05, 3.63) is 0 Å². The Morgan fingerprint density at radius 3 is 2.47 bits per heavy atom. The minimum absolute atomic E-state index is 0.0413. The molecule has 2 fully saturated rings. The first-order valence-electron chi connectivity index (χ1n) is 7.10. The van der Waals surface area contributed by atoms with Gasteiger partial charge in [0.15, 0.2) is 0 Å². The number of hydrogen-bond donors (Lipinski definition) is 2. The Bertz CT molecular complexity index is 351. The Balaban J connectivity index is 1.85. The lowest BCUT2D eigenvalue weighted by Gasteiger charge is -2.43. The number of carboxylic acids is 1. The number of hydrogen-bond acceptors (Lipinski definition) is 3. The maximum Gasteiger partial charge on any atom is 0.306 e. The van der Waals surface area contributed by atoms with Crippen LogP contribution in [0.5, 0.6) is 0 Å². The average Bonchev–Trinajstić information content (AvgIpc) is 2.81. The molecule has 0 aliphatic heterocycles. The van der Waals surface area contributed by atoms with E-state index in [2.05, 4.69) is 5.32 Å². The van der Waals surface area contributed by atoms with Gasteiger partial charge < -0.3 is 15.2 Å². The van der Waals surface area contributed by atoms with Crippen molar-refractivity contribution in [1.29, 1.82) is 0 Å². The molecular formula is C14H23NO4. The van der Waals surface area contributed by atoms with Gasteiger partial charge in [-0.1, -0.05) is 0 Å². The molecule has 0 aromatic carbocycles. The first-order valence-corrected chi connectivity index (χ1v) is 7.10. The number of carbonyl (C=O) groups is 2. The van der Waals surface area contributed by atoms with Gasteiger partial charge in [-0.2, -0.15) is 0 Å². The van der Waals surface area contributed by atoms with Gasteiger partial charge in [0.05, 0.1) is 5.92 Å². The van der Waals surface area contributed by atoms with Crippen molar-refractivity contribution < 1.29 is 19.4 Å². The molecule has 19 heavy (non-hydrogen) atoms. The highest BCUT2D eigenvalue weighted by atomic mass is 16.5. The minimum Gasteiger partial charge on any atom is -0.481 e. The van der Waals surface area contributed by atoms with Gasteiger partial charge in [-0.05, 0) is 44.9 Å². The lowest BCUT2D eigenvalue weighted by molar-refractivity contribution is -0.141. The highest BCUT2D eigenvalue weighted by Crippen LogP contribution is 2.37. The quantitative estimate of drug-likeness (QED) is 0.767. The van der Waals surface area contributed by atoms with Gasteiger partial charge in [-0.25, -0.2) is 0 Å². The molecule has 0 heterocycles. The molecule has 0 saturated heterocycles. The number of carboxylic acid groups (broad SMARTS) is 1. The molecule has 2 aliphatic carbocycles. The van der Waals surface area contributed by atoms with Crippen LogP contribution in [0.2, 0.25) is 0 Å². The summed E-state index contributed by atoms with van der Waals surface area (Å²) < 4.78 is 5.10. The van der Waals surface area contributed by atoms with Gasteiger partial charge in [0.2, 0.25) is 5.91 Å². The van der Waals surface area contributed by atoms with E-state index < -0.39 is 5.97 Å². The van der Waals surface area contributed by atoms with Gasteiger partial charge in [-0.3, -0.25) is 9.59 Å². The summed E-state index contributed by atoms with van der Waals surface area (Å²) in [6.45, 7) is 0.655. The van der Waals surface area contributed by atoms with Crippen LogP contribution in [0.25, 0.3) is 0 Å². The molecule has 0 aromatic heterocycles. The van der Waals surface area contributed by atoms with Crippen molar-refractivity contribution in [1.82, 2.24) is 5.32 Å². The number of rotatable bonds is 6. The first-order chi connectivity index (χ1) is 9.06. The van der Waals surface area contributed by atoms with Crippen LogP contribution < -0.4 is 5.32 Å². The summed E-state index contributed by atoms with van der Waals surface area (Å²) in [6.07, 6.45) is 5.83. The minimum atomic E-state index is -0.770. The molecule has 5 nitrogen and oxygen atoms in total. The van der Waals surface area contributed by atoms with E-state index in [0.29, 0.717) is 25.9 Å². The largest absolute Gasteiger partial charge is 0.481 e. The fourth-order valence-electron chi connectivity index (χ4n) is 3.15. The predicted octanol–water partition coefficient (Wildman–Crippen LogP) is 1.56. The van der Waals surface area contributed by atoms with Crippen LogP contribution in [-0.2, 0) is 14.3 Å². The third-order valence-corrected chi connectivity index (χ3v) is 4.64. The van der Waals surface area contributed by atoms with Crippen molar-refractivity contribution in [2.75, 3.05) is 13.7 Å². The smallest absolute Gasteiger partial charge is 0.306 e. The second-order valence-electron chi connectivity index (χ2n) is 5.91. The molecule has 2 N–H and O–H groups in total. The molecule has 0 radical (unpaired) electrons. The van der Waals surface area contributed by atoms with Crippen LogP contribution in [-0.4, -0.2) is 36.2 Å². The van der Waals surface area contributed by atoms with E-state index >= 15 is 0 Å². The molecule has 2 aliphatic rings. The fraction of sp³-hybridized carbons (Fsp3) is 0.857.